The Bertz CT molecular complexity index is 314. The molecule has 0 aliphatic carbocycles. The van der Waals surface area contributed by atoms with Crippen LogP contribution in [0.25, 0.3) is 0 Å². The van der Waals surface area contributed by atoms with Gasteiger partial charge in [-0.05, 0) is 18.1 Å². The summed E-state index contributed by atoms with van der Waals surface area (Å²) in [5.41, 5.74) is 0.469. The minimum Gasteiger partial charge on any atom is -0.211 e. The predicted molar refractivity (Wildman–Crippen MR) is 49.5 cm³/mol. The highest BCUT2D eigenvalue weighted by molar-refractivity contribution is 7.80. The van der Waals surface area contributed by atoms with Crippen LogP contribution in [0.3, 0.4) is 0 Å². The van der Waals surface area contributed by atoms with Crippen molar-refractivity contribution in [3.63, 3.8) is 0 Å². The lowest BCUT2D eigenvalue weighted by molar-refractivity contribution is 0.582. The Hall–Kier alpha value is -1.01. The van der Waals surface area contributed by atoms with Crippen LogP contribution in [0.4, 0.5) is 4.39 Å². The minimum atomic E-state index is -0.493. The smallest absolute Gasteiger partial charge is 0.211 e. The van der Waals surface area contributed by atoms with E-state index in [0.29, 0.717) is 17.9 Å². The second kappa shape index (κ2) is 4.78. The van der Waals surface area contributed by atoms with Gasteiger partial charge in [-0.1, -0.05) is 12.0 Å². The molecule has 0 aromatic carbocycles. The van der Waals surface area contributed by atoms with Gasteiger partial charge in [0.2, 0.25) is 5.95 Å². The van der Waals surface area contributed by atoms with Crippen molar-refractivity contribution < 1.29 is 4.39 Å². The van der Waals surface area contributed by atoms with Crippen LogP contribution in [0.1, 0.15) is 12.1 Å². The standard InChI is InChI=1S/C9H8FNS/c10-9-6-3-5-8(11-9)4-1-2-7-12/h3,5-6,12H,2,7H2. The molecule has 1 nitrogen and oxygen atoms in total. The van der Waals surface area contributed by atoms with Crippen molar-refractivity contribution in [3.8, 4) is 11.8 Å². The molecule has 0 saturated carbocycles. The number of hydrogen-bond donors (Lipinski definition) is 1. The van der Waals surface area contributed by atoms with E-state index in [2.05, 4.69) is 29.5 Å². The summed E-state index contributed by atoms with van der Waals surface area (Å²) in [5.74, 6) is 5.78. The normalized spacial score (nSPS) is 8.83. The Morgan fingerprint density at radius 1 is 1.50 bits per heavy atom. The topological polar surface area (TPSA) is 12.9 Å². The fourth-order valence-electron chi connectivity index (χ4n) is 0.687. The van der Waals surface area contributed by atoms with Crippen molar-refractivity contribution in [1.82, 2.24) is 4.98 Å². The van der Waals surface area contributed by atoms with Crippen LogP contribution in [0.15, 0.2) is 18.2 Å². The molecule has 0 unspecified atom stereocenters. The van der Waals surface area contributed by atoms with Crippen molar-refractivity contribution in [1.29, 1.82) is 0 Å². The zero-order chi connectivity index (χ0) is 8.81. The van der Waals surface area contributed by atoms with Crippen molar-refractivity contribution >= 4 is 12.6 Å². The Kier molecular flexibility index (Phi) is 3.62. The van der Waals surface area contributed by atoms with Crippen molar-refractivity contribution in [2.24, 2.45) is 0 Å². The average molecular weight is 181 g/mol. The summed E-state index contributed by atoms with van der Waals surface area (Å²) in [6.07, 6.45) is 0.696. The van der Waals surface area contributed by atoms with E-state index < -0.39 is 5.95 Å². The van der Waals surface area contributed by atoms with Gasteiger partial charge >= 0.3 is 0 Å². The maximum atomic E-state index is 12.5. The van der Waals surface area contributed by atoms with E-state index in [-0.39, 0.29) is 0 Å². The Morgan fingerprint density at radius 3 is 3.00 bits per heavy atom. The summed E-state index contributed by atoms with van der Waals surface area (Å²) in [6, 6.07) is 4.56. The minimum absolute atomic E-state index is 0.469. The van der Waals surface area contributed by atoms with Gasteiger partial charge in [0, 0.05) is 12.2 Å². The molecule has 3 heteroatoms. The van der Waals surface area contributed by atoms with Gasteiger partial charge in [-0.3, -0.25) is 0 Å². The summed E-state index contributed by atoms with van der Waals surface area (Å²) >= 11 is 3.99. The summed E-state index contributed by atoms with van der Waals surface area (Å²) in [6.45, 7) is 0. The molecule has 0 fully saturated rings. The quantitative estimate of drug-likeness (QED) is 0.396. The predicted octanol–water partition coefficient (Wildman–Crippen LogP) is 1.89. The number of halogens is 1. The Morgan fingerprint density at radius 2 is 2.33 bits per heavy atom. The number of thiol groups is 1. The second-order valence-corrected chi connectivity index (χ2v) is 2.57. The molecule has 1 heterocycles. The third-order valence-corrected chi connectivity index (χ3v) is 1.39. The molecule has 0 aliphatic heterocycles. The number of nitrogens with zero attached hydrogens (tertiary/aromatic N) is 1. The summed E-state index contributed by atoms with van der Waals surface area (Å²) in [7, 11) is 0. The van der Waals surface area contributed by atoms with Gasteiger partial charge in [-0.2, -0.15) is 17.0 Å². The number of rotatable bonds is 1. The molecule has 1 aromatic rings. The first-order valence-electron chi connectivity index (χ1n) is 3.55. The number of aromatic nitrogens is 1. The first-order chi connectivity index (χ1) is 5.83. The van der Waals surface area contributed by atoms with Gasteiger partial charge in [0.15, 0.2) is 0 Å². The maximum absolute atomic E-state index is 12.5. The van der Waals surface area contributed by atoms with Gasteiger partial charge in [0.1, 0.15) is 5.69 Å². The third-order valence-electron chi connectivity index (χ3n) is 1.17. The van der Waals surface area contributed by atoms with Crippen LogP contribution in [-0.2, 0) is 0 Å². The largest absolute Gasteiger partial charge is 0.214 e. The molecular formula is C9H8FNS. The van der Waals surface area contributed by atoms with E-state index in [9.17, 15) is 4.39 Å². The molecule has 0 aliphatic rings. The molecule has 0 N–H and O–H groups in total. The van der Waals surface area contributed by atoms with Gasteiger partial charge in [0.25, 0.3) is 0 Å². The molecule has 0 spiro atoms. The zero-order valence-electron chi connectivity index (χ0n) is 6.42. The van der Waals surface area contributed by atoms with Crippen LogP contribution in [-0.4, -0.2) is 10.7 Å². The highest BCUT2D eigenvalue weighted by Gasteiger charge is 1.90. The van der Waals surface area contributed by atoms with Gasteiger partial charge in [0.05, 0.1) is 0 Å². The molecule has 0 radical (unpaired) electrons. The molecule has 0 saturated heterocycles. The average Bonchev–Trinajstić information content (AvgIpc) is 2.05. The van der Waals surface area contributed by atoms with Crippen LogP contribution in [0.2, 0.25) is 0 Å². The zero-order valence-corrected chi connectivity index (χ0v) is 7.31. The summed E-state index contributed by atoms with van der Waals surface area (Å²) in [4.78, 5) is 3.58. The molecule has 0 atom stereocenters. The Labute approximate surface area is 76.4 Å². The maximum Gasteiger partial charge on any atom is 0.214 e. The lowest BCUT2D eigenvalue weighted by Crippen LogP contribution is -1.85. The van der Waals surface area contributed by atoms with Crippen LogP contribution in [0, 0.1) is 17.8 Å². The summed E-state index contributed by atoms with van der Waals surface area (Å²) in [5, 5.41) is 0. The molecule has 0 amide bonds. The fourth-order valence-corrected chi connectivity index (χ4v) is 0.799. The van der Waals surface area contributed by atoms with Gasteiger partial charge < -0.3 is 0 Å². The van der Waals surface area contributed by atoms with E-state index in [1.54, 1.807) is 12.1 Å². The highest BCUT2D eigenvalue weighted by Crippen LogP contribution is 1.95. The molecule has 1 aromatic heterocycles. The third kappa shape index (κ3) is 2.93. The summed E-state index contributed by atoms with van der Waals surface area (Å²) < 4.78 is 12.5. The van der Waals surface area contributed by atoms with E-state index in [4.69, 9.17) is 0 Å². The van der Waals surface area contributed by atoms with Crippen molar-refractivity contribution in [2.75, 3.05) is 5.75 Å². The highest BCUT2D eigenvalue weighted by atomic mass is 32.1. The first-order valence-corrected chi connectivity index (χ1v) is 4.18. The van der Waals surface area contributed by atoms with Gasteiger partial charge in [-0.25, -0.2) is 4.98 Å². The lowest BCUT2D eigenvalue weighted by Gasteiger charge is -1.88. The monoisotopic (exact) mass is 181 g/mol. The van der Waals surface area contributed by atoms with E-state index in [1.807, 2.05) is 0 Å². The van der Waals surface area contributed by atoms with Crippen LogP contribution in [0.5, 0.6) is 0 Å². The fraction of sp³-hybridized carbons (Fsp3) is 0.222. The second-order valence-electron chi connectivity index (χ2n) is 2.12. The van der Waals surface area contributed by atoms with E-state index >= 15 is 0 Å². The van der Waals surface area contributed by atoms with Crippen molar-refractivity contribution in [3.05, 3.63) is 29.8 Å². The molecular weight excluding hydrogens is 173 g/mol. The van der Waals surface area contributed by atoms with E-state index in [0.717, 1.165) is 0 Å². The van der Waals surface area contributed by atoms with Crippen LogP contribution < -0.4 is 0 Å². The number of hydrogen-bond acceptors (Lipinski definition) is 2. The number of pyridine rings is 1. The molecule has 62 valence electrons. The molecule has 0 bridgehead atoms. The van der Waals surface area contributed by atoms with Gasteiger partial charge in [-0.15, -0.1) is 0 Å². The lowest BCUT2D eigenvalue weighted by atomic mass is 10.3. The van der Waals surface area contributed by atoms with Crippen LogP contribution >= 0.6 is 12.6 Å². The Balaban J connectivity index is 2.71. The first kappa shape index (κ1) is 9.08. The van der Waals surface area contributed by atoms with Crippen molar-refractivity contribution in [2.45, 2.75) is 6.42 Å². The SMILES string of the molecule is Fc1cccc(C#CCCS)n1. The van der Waals surface area contributed by atoms with E-state index in [1.165, 1.54) is 6.07 Å². The molecule has 12 heavy (non-hydrogen) atoms. The molecule has 1 rings (SSSR count).